The van der Waals surface area contributed by atoms with Crippen molar-refractivity contribution in [3.8, 4) is 0 Å². The minimum Gasteiger partial charge on any atom is -0.352 e. The highest BCUT2D eigenvalue weighted by molar-refractivity contribution is 7.92. The van der Waals surface area contributed by atoms with Crippen LogP contribution in [0.4, 0.5) is 10.1 Å². The lowest BCUT2D eigenvalue weighted by Gasteiger charge is -2.32. The number of aryl methyl sites for hydroxylation is 1. The summed E-state index contributed by atoms with van der Waals surface area (Å²) in [5.41, 5.74) is 3.11. The van der Waals surface area contributed by atoms with Crippen molar-refractivity contribution in [2.45, 2.75) is 58.7 Å². The average molecular weight is 568 g/mol. The highest BCUT2D eigenvalue weighted by Gasteiger charge is 2.31. The summed E-state index contributed by atoms with van der Waals surface area (Å²) in [6.07, 6.45) is 1.72. The number of benzene rings is 3. The van der Waals surface area contributed by atoms with Crippen LogP contribution < -0.4 is 9.62 Å². The fourth-order valence-electron chi connectivity index (χ4n) is 4.44. The summed E-state index contributed by atoms with van der Waals surface area (Å²) >= 11 is 0. The number of hydrogen-bond acceptors (Lipinski definition) is 4. The summed E-state index contributed by atoms with van der Waals surface area (Å²) in [4.78, 5) is 28.7. The normalized spacial score (nSPS) is 12.2. The van der Waals surface area contributed by atoms with E-state index in [1.165, 1.54) is 21.3 Å². The van der Waals surface area contributed by atoms with Crippen LogP contribution in [0.1, 0.15) is 43.4 Å². The van der Waals surface area contributed by atoms with Gasteiger partial charge >= 0.3 is 0 Å². The minimum absolute atomic E-state index is 0.0271. The van der Waals surface area contributed by atoms with Gasteiger partial charge in [-0.25, -0.2) is 12.8 Å². The molecule has 3 aromatic carbocycles. The van der Waals surface area contributed by atoms with Crippen LogP contribution in [0.2, 0.25) is 0 Å². The molecule has 3 rings (SSSR count). The monoisotopic (exact) mass is 567 g/mol. The van der Waals surface area contributed by atoms with Crippen molar-refractivity contribution in [1.82, 2.24) is 10.2 Å². The van der Waals surface area contributed by atoms with E-state index in [0.717, 1.165) is 17.4 Å². The Morgan fingerprint density at radius 1 is 0.900 bits per heavy atom. The molecule has 3 aromatic rings. The van der Waals surface area contributed by atoms with Gasteiger partial charge in [-0.1, -0.05) is 60.2 Å². The Hall–Kier alpha value is -3.72. The van der Waals surface area contributed by atoms with Crippen LogP contribution in [-0.4, -0.2) is 50.0 Å². The molecule has 1 atom stereocenters. The van der Waals surface area contributed by atoms with E-state index in [1.54, 1.807) is 24.3 Å². The molecule has 1 N–H and O–H groups in total. The van der Waals surface area contributed by atoms with Gasteiger partial charge < -0.3 is 10.2 Å². The Morgan fingerprint density at radius 2 is 1.52 bits per heavy atom. The molecule has 214 valence electrons. The van der Waals surface area contributed by atoms with Crippen LogP contribution in [0.5, 0.6) is 0 Å². The lowest BCUT2D eigenvalue weighted by molar-refractivity contribution is -0.141. The molecule has 2 amide bonds. The van der Waals surface area contributed by atoms with Crippen molar-refractivity contribution >= 4 is 27.5 Å². The molecular weight excluding hydrogens is 529 g/mol. The van der Waals surface area contributed by atoms with Gasteiger partial charge in [0.2, 0.25) is 21.8 Å². The van der Waals surface area contributed by atoms with E-state index in [1.807, 2.05) is 63.2 Å². The maximum absolute atomic E-state index is 13.8. The van der Waals surface area contributed by atoms with Crippen LogP contribution in [-0.2, 0) is 32.6 Å². The third-order valence-electron chi connectivity index (χ3n) is 6.44. The molecule has 0 radical (unpaired) electrons. The molecular formula is C31H38FN3O4S. The summed E-state index contributed by atoms with van der Waals surface area (Å²) < 4.78 is 40.0. The fraction of sp³-hybridized carbons (Fsp3) is 0.355. The predicted molar refractivity (Wildman–Crippen MR) is 157 cm³/mol. The Bertz CT molecular complexity index is 1360. The van der Waals surface area contributed by atoms with Crippen LogP contribution in [0.3, 0.4) is 0 Å². The van der Waals surface area contributed by atoms with E-state index >= 15 is 0 Å². The SMILES string of the molecule is Cc1ccc(N(CCCC(=O)N(Cc2ccc(F)cc2)[C@H](Cc2ccccc2)C(=O)NC(C)C)S(C)(=O)=O)cc1. The third-order valence-corrected chi connectivity index (χ3v) is 7.64. The highest BCUT2D eigenvalue weighted by atomic mass is 32.2. The molecule has 0 spiro atoms. The van der Waals surface area contributed by atoms with Gasteiger partial charge in [0.05, 0.1) is 11.9 Å². The van der Waals surface area contributed by atoms with E-state index in [9.17, 15) is 22.4 Å². The summed E-state index contributed by atoms with van der Waals surface area (Å²) in [6, 6.07) is 21.5. The topological polar surface area (TPSA) is 86.8 Å². The van der Waals surface area contributed by atoms with Crippen molar-refractivity contribution in [3.63, 3.8) is 0 Å². The molecule has 7 nitrogen and oxygen atoms in total. The number of carbonyl (C=O) groups is 2. The van der Waals surface area contributed by atoms with Gasteiger partial charge in [0.1, 0.15) is 11.9 Å². The first-order valence-electron chi connectivity index (χ1n) is 13.4. The van der Waals surface area contributed by atoms with Crippen LogP contribution >= 0.6 is 0 Å². The Labute approximate surface area is 237 Å². The zero-order valence-electron chi connectivity index (χ0n) is 23.5. The zero-order valence-corrected chi connectivity index (χ0v) is 24.3. The second-order valence-corrected chi connectivity index (χ2v) is 12.2. The Morgan fingerprint density at radius 3 is 2.10 bits per heavy atom. The molecule has 0 saturated heterocycles. The molecule has 0 aliphatic carbocycles. The van der Waals surface area contributed by atoms with Gasteiger partial charge in [-0.15, -0.1) is 0 Å². The minimum atomic E-state index is -3.58. The Balaban J connectivity index is 1.87. The van der Waals surface area contributed by atoms with Crippen molar-refractivity contribution in [2.24, 2.45) is 0 Å². The maximum Gasteiger partial charge on any atom is 0.243 e. The van der Waals surface area contributed by atoms with Gasteiger partial charge in [0, 0.05) is 32.0 Å². The lowest BCUT2D eigenvalue weighted by atomic mass is 10.0. The second-order valence-electron chi connectivity index (χ2n) is 10.3. The van der Waals surface area contributed by atoms with E-state index in [2.05, 4.69) is 5.32 Å². The first kappa shape index (κ1) is 30.8. The largest absolute Gasteiger partial charge is 0.352 e. The van der Waals surface area contributed by atoms with E-state index in [-0.39, 0.29) is 43.8 Å². The first-order valence-corrected chi connectivity index (χ1v) is 15.2. The molecule has 0 aliphatic rings. The quantitative estimate of drug-likeness (QED) is 0.320. The fourth-order valence-corrected chi connectivity index (χ4v) is 5.40. The molecule has 0 saturated carbocycles. The second kappa shape index (κ2) is 14.1. The Kier molecular flexibility index (Phi) is 10.8. The van der Waals surface area contributed by atoms with Crippen molar-refractivity contribution in [1.29, 1.82) is 0 Å². The van der Waals surface area contributed by atoms with Gasteiger partial charge in [0.15, 0.2) is 0 Å². The van der Waals surface area contributed by atoms with Crippen LogP contribution in [0.15, 0.2) is 78.9 Å². The summed E-state index contributed by atoms with van der Waals surface area (Å²) in [5, 5.41) is 2.93. The zero-order chi connectivity index (χ0) is 29.3. The van der Waals surface area contributed by atoms with E-state index in [0.29, 0.717) is 17.7 Å². The number of nitrogens with one attached hydrogen (secondary N) is 1. The third kappa shape index (κ3) is 9.19. The number of anilines is 1. The molecule has 0 unspecified atom stereocenters. The molecule has 9 heteroatoms. The van der Waals surface area contributed by atoms with Gasteiger partial charge in [-0.3, -0.25) is 13.9 Å². The van der Waals surface area contributed by atoms with Crippen molar-refractivity contribution < 1.29 is 22.4 Å². The van der Waals surface area contributed by atoms with Crippen LogP contribution in [0, 0.1) is 12.7 Å². The molecule has 0 bridgehead atoms. The predicted octanol–water partition coefficient (Wildman–Crippen LogP) is 4.85. The molecule has 0 aliphatic heterocycles. The van der Waals surface area contributed by atoms with Gasteiger partial charge in [0.25, 0.3) is 0 Å². The first-order chi connectivity index (χ1) is 18.9. The smallest absolute Gasteiger partial charge is 0.243 e. The van der Waals surface area contributed by atoms with Crippen molar-refractivity contribution in [3.05, 3.63) is 101 Å². The molecule has 40 heavy (non-hydrogen) atoms. The number of nitrogens with zero attached hydrogens (tertiary/aromatic N) is 2. The number of hydrogen-bond donors (Lipinski definition) is 1. The number of amides is 2. The number of halogens is 1. The summed E-state index contributed by atoms with van der Waals surface area (Å²) in [5.74, 6) is -0.967. The molecule has 0 heterocycles. The van der Waals surface area contributed by atoms with Gasteiger partial charge in [-0.05, 0) is 62.6 Å². The van der Waals surface area contributed by atoms with Gasteiger partial charge in [-0.2, -0.15) is 0 Å². The lowest BCUT2D eigenvalue weighted by Crippen LogP contribution is -2.51. The van der Waals surface area contributed by atoms with E-state index < -0.39 is 21.9 Å². The van der Waals surface area contributed by atoms with Crippen LogP contribution in [0.25, 0.3) is 0 Å². The summed E-state index contributed by atoms with van der Waals surface area (Å²) in [6.45, 7) is 5.85. The maximum atomic E-state index is 13.8. The average Bonchev–Trinajstić information content (AvgIpc) is 2.90. The molecule has 0 aromatic heterocycles. The number of rotatable bonds is 13. The molecule has 0 fully saturated rings. The highest BCUT2D eigenvalue weighted by Crippen LogP contribution is 2.21. The number of carbonyl (C=O) groups excluding carboxylic acids is 2. The summed E-state index contributed by atoms with van der Waals surface area (Å²) in [7, 11) is -3.58. The number of sulfonamides is 1. The van der Waals surface area contributed by atoms with Crippen molar-refractivity contribution in [2.75, 3.05) is 17.1 Å². The standard InChI is InChI=1S/C31H38FN3O4S/c1-23(2)33-31(37)29(21-25-9-6-5-7-10-25)34(22-26-14-16-27(32)17-15-26)30(36)11-8-20-35(40(4,38)39)28-18-12-24(3)13-19-28/h5-7,9-10,12-19,23,29H,8,11,20-22H2,1-4H3,(H,33,37)/t29-/m1/s1. The van der Waals surface area contributed by atoms with E-state index in [4.69, 9.17) is 0 Å².